The van der Waals surface area contributed by atoms with Crippen molar-refractivity contribution in [3.8, 4) is 11.8 Å². The first-order valence-corrected chi connectivity index (χ1v) is 4.32. The number of anilines is 1. The molecule has 2 rings (SSSR count). The van der Waals surface area contributed by atoms with Gasteiger partial charge in [0.25, 0.3) is 0 Å². The van der Waals surface area contributed by atoms with E-state index in [1.165, 1.54) is 12.3 Å². The van der Waals surface area contributed by atoms with Crippen molar-refractivity contribution in [3.63, 3.8) is 0 Å². The van der Waals surface area contributed by atoms with Crippen LogP contribution in [0.5, 0.6) is 0 Å². The van der Waals surface area contributed by atoms with Crippen LogP contribution in [0.15, 0.2) is 24.4 Å². The summed E-state index contributed by atoms with van der Waals surface area (Å²) in [5.41, 5.74) is 5.60. The molecule has 0 aliphatic heterocycles. The standard InChI is InChI=1S/C10H6F2N4/c11-7-1-2-9(8(12)3-7)16-5-6(4-13)10(14)15-16/h1-3,5H,(H2,14,15). The minimum Gasteiger partial charge on any atom is -0.381 e. The molecule has 0 amide bonds. The highest BCUT2D eigenvalue weighted by Crippen LogP contribution is 2.17. The Bertz CT molecular complexity index is 583. The highest BCUT2D eigenvalue weighted by atomic mass is 19.1. The first-order chi connectivity index (χ1) is 7.61. The molecule has 1 aromatic carbocycles. The van der Waals surface area contributed by atoms with Gasteiger partial charge in [-0.1, -0.05) is 0 Å². The van der Waals surface area contributed by atoms with Crippen LogP contribution >= 0.6 is 0 Å². The molecule has 80 valence electrons. The number of benzene rings is 1. The molecule has 6 heteroatoms. The van der Waals surface area contributed by atoms with Crippen molar-refractivity contribution >= 4 is 5.82 Å². The van der Waals surface area contributed by atoms with E-state index in [9.17, 15) is 8.78 Å². The molecule has 0 aliphatic rings. The highest BCUT2D eigenvalue weighted by Gasteiger charge is 2.10. The van der Waals surface area contributed by atoms with Gasteiger partial charge in [0.1, 0.15) is 23.1 Å². The van der Waals surface area contributed by atoms with Crippen molar-refractivity contribution in [2.75, 3.05) is 5.73 Å². The van der Waals surface area contributed by atoms with E-state index in [0.29, 0.717) is 0 Å². The zero-order valence-corrected chi connectivity index (χ0v) is 7.98. The Kier molecular flexibility index (Phi) is 2.29. The molecule has 0 spiro atoms. The molecule has 0 bridgehead atoms. The molecular formula is C10H6F2N4. The second-order valence-electron chi connectivity index (χ2n) is 3.08. The maximum Gasteiger partial charge on any atom is 0.163 e. The first-order valence-electron chi connectivity index (χ1n) is 4.32. The quantitative estimate of drug-likeness (QED) is 0.793. The SMILES string of the molecule is N#Cc1cn(-c2ccc(F)cc2F)nc1N. The molecular weight excluding hydrogens is 214 g/mol. The van der Waals surface area contributed by atoms with E-state index in [1.54, 1.807) is 0 Å². The summed E-state index contributed by atoms with van der Waals surface area (Å²) in [7, 11) is 0. The minimum absolute atomic E-state index is 0.00576. The lowest BCUT2D eigenvalue weighted by Gasteiger charge is -2.01. The summed E-state index contributed by atoms with van der Waals surface area (Å²) in [5, 5.41) is 12.4. The molecule has 4 nitrogen and oxygen atoms in total. The predicted octanol–water partition coefficient (Wildman–Crippen LogP) is 1.60. The second kappa shape index (κ2) is 3.62. The molecule has 0 fully saturated rings. The lowest BCUT2D eigenvalue weighted by molar-refractivity contribution is 0.574. The van der Waals surface area contributed by atoms with Gasteiger partial charge < -0.3 is 5.73 Å². The smallest absolute Gasteiger partial charge is 0.163 e. The number of nitrogen functional groups attached to an aromatic ring is 1. The summed E-state index contributed by atoms with van der Waals surface area (Å²) in [4.78, 5) is 0. The normalized spacial score (nSPS) is 10.1. The molecule has 2 aromatic rings. The van der Waals surface area contributed by atoms with Gasteiger partial charge in [0, 0.05) is 6.07 Å². The maximum absolute atomic E-state index is 13.4. The van der Waals surface area contributed by atoms with Gasteiger partial charge in [0.2, 0.25) is 0 Å². The van der Waals surface area contributed by atoms with Gasteiger partial charge >= 0.3 is 0 Å². The molecule has 0 aliphatic carbocycles. The monoisotopic (exact) mass is 220 g/mol. The van der Waals surface area contributed by atoms with Crippen LogP contribution in [-0.4, -0.2) is 9.78 Å². The fourth-order valence-corrected chi connectivity index (χ4v) is 1.26. The third-order valence-electron chi connectivity index (χ3n) is 2.02. The molecule has 1 aromatic heterocycles. The topological polar surface area (TPSA) is 67.6 Å². The number of nitrogens with two attached hydrogens (primary N) is 1. The Labute approximate surface area is 89.5 Å². The zero-order chi connectivity index (χ0) is 11.7. The molecule has 0 atom stereocenters. The van der Waals surface area contributed by atoms with Crippen LogP contribution in [0.2, 0.25) is 0 Å². The third kappa shape index (κ3) is 1.59. The Morgan fingerprint density at radius 2 is 2.12 bits per heavy atom. The fourth-order valence-electron chi connectivity index (χ4n) is 1.26. The van der Waals surface area contributed by atoms with E-state index in [4.69, 9.17) is 11.0 Å². The summed E-state index contributed by atoms with van der Waals surface area (Å²) < 4.78 is 27.1. The highest BCUT2D eigenvalue weighted by molar-refractivity contribution is 5.49. The van der Waals surface area contributed by atoms with Crippen molar-refractivity contribution in [3.05, 3.63) is 41.6 Å². The largest absolute Gasteiger partial charge is 0.381 e. The molecule has 0 saturated carbocycles. The van der Waals surface area contributed by atoms with Gasteiger partial charge in [-0.2, -0.15) is 5.26 Å². The number of nitriles is 1. The summed E-state index contributed by atoms with van der Waals surface area (Å²) >= 11 is 0. The maximum atomic E-state index is 13.4. The van der Waals surface area contributed by atoms with E-state index in [0.717, 1.165) is 16.8 Å². The average molecular weight is 220 g/mol. The number of halogens is 2. The van der Waals surface area contributed by atoms with Gasteiger partial charge in [-0.15, -0.1) is 5.10 Å². The van der Waals surface area contributed by atoms with Crippen LogP contribution in [0.1, 0.15) is 5.56 Å². The van der Waals surface area contributed by atoms with Gasteiger partial charge in [0.15, 0.2) is 11.6 Å². The third-order valence-corrected chi connectivity index (χ3v) is 2.02. The van der Waals surface area contributed by atoms with Crippen molar-refractivity contribution < 1.29 is 8.78 Å². The summed E-state index contributed by atoms with van der Waals surface area (Å²) in [6.45, 7) is 0. The molecule has 0 unspecified atom stereocenters. The number of nitrogens with zero attached hydrogens (tertiary/aromatic N) is 3. The van der Waals surface area contributed by atoms with Gasteiger partial charge in [-0.3, -0.25) is 0 Å². The van der Waals surface area contributed by atoms with Crippen LogP contribution in [0.4, 0.5) is 14.6 Å². The van der Waals surface area contributed by atoms with E-state index in [-0.39, 0.29) is 17.1 Å². The van der Waals surface area contributed by atoms with Gasteiger partial charge in [-0.05, 0) is 12.1 Å². The average Bonchev–Trinajstić information content (AvgIpc) is 2.59. The van der Waals surface area contributed by atoms with Gasteiger partial charge in [0.05, 0.1) is 6.20 Å². The van der Waals surface area contributed by atoms with Crippen LogP contribution in [0.3, 0.4) is 0 Å². The second-order valence-corrected chi connectivity index (χ2v) is 3.08. The zero-order valence-electron chi connectivity index (χ0n) is 7.98. The molecule has 1 heterocycles. The number of aromatic nitrogens is 2. The van der Waals surface area contributed by atoms with E-state index < -0.39 is 11.6 Å². The first kappa shape index (κ1) is 10.1. The van der Waals surface area contributed by atoms with Crippen LogP contribution in [0, 0.1) is 23.0 Å². The fraction of sp³-hybridized carbons (Fsp3) is 0. The predicted molar refractivity (Wildman–Crippen MR) is 52.6 cm³/mol. The Morgan fingerprint density at radius 1 is 1.38 bits per heavy atom. The molecule has 2 N–H and O–H groups in total. The lowest BCUT2D eigenvalue weighted by Crippen LogP contribution is -1.99. The van der Waals surface area contributed by atoms with E-state index in [1.807, 2.05) is 6.07 Å². The van der Waals surface area contributed by atoms with Crippen LogP contribution in [-0.2, 0) is 0 Å². The Hall–Kier alpha value is -2.42. The molecule has 0 saturated heterocycles. The van der Waals surface area contributed by atoms with Crippen LogP contribution in [0.25, 0.3) is 5.69 Å². The summed E-state index contributed by atoms with van der Waals surface area (Å²) in [5.74, 6) is -1.44. The minimum atomic E-state index is -0.771. The summed E-state index contributed by atoms with van der Waals surface area (Å²) in [6.07, 6.45) is 1.28. The Morgan fingerprint density at radius 3 is 2.69 bits per heavy atom. The summed E-state index contributed by atoms with van der Waals surface area (Å²) in [6, 6.07) is 4.87. The van der Waals surface area contributed by atoms with Crippen LogP contribution < -0.4 is 5.73 Å². The van der Waals surface area contributed by atoms with Crippen molar-refractivity contribution in [1.82, 2.24) is 9.78 Å². The number of rotatable bonds is 1. The van der Waals surface area contributed by atoms with E-state index in [2.05, 4.69) is 5.10 Å². The number of hydrogen-bond acceptors (Lipinski definition) is 3. The van der Waals surface area contributed by atoms with Crippen molar-refractivity contribution in [2.45, 2.75) is 0 Å². The van der Waals surface area contributed by atoms with E-state index >= 15 is 0 Å². The van der Waals surface area contributed by atoms with Crippen molar-refractivity contribution in [2.24, 2.45) is 0 Å². The molecule has 16 heavy (non-hydrogen) atoms. The van der Waals surface area contributed by atoms with Gasteiger partial charge in [-0.25, -0.2) is 13.5 Å². The molecule has 0 radical (unpaired) electrons. The Balaban J connectivity index is 2.55. The lowest BCUT2D eigenvalue weighted by atomic mass is 10.3. The van der Waals surface area contributed by atoms with Crippen molar-refractivity contribution in [1.29, 1.82) is 5.26 Å². The number of hydrogen-bond donors (Lipinski definition) is 1.